The Hall–Kier alpha value is -2.65. The van der Waals surface area contributed by atoms with E-state index in [4.69, 9.17) is 0 Å². The van der Waals surface area contributed by atoms with Crippen LogP contribution in [0.2, 0.25) is 0 Å². The first-order valence-electron chi connectivity index (χ1n) is 11.1. The third-order valence-electron chi connectivity index (χ3n) is 6.22. The van der Waals surface area contributed by atoms with Crippen molar-refractivity contribution in [2.24, 2.45) is 5.92 Å². The van der Waals surface area contributed by atoms with Gasteiger partial charge < -0.3 is 14.9 Å². The number of rotatable bonds is 7. The summed E-state index contributed by atoms with van der Waals surface area (Å²) in [6.07, 6.45) is 5.92. The highest BCUT2D eigenvalue weighted by atomic mass is 32.2. The molecular formula is C23H30N4O4S. The third kappa shape index (κ3) is 5.21. The molecule has 32 heavy (non-hydrogen) atoms. The number of aryl methyl sites for hydroxylation is 1. The van der Waals surface area contributed by atoms with Crippen molar-refractivity contribution in [3.63, 3.8) is 0 Å². The monoisotopic (exact) mass is 458 g/mol. The molecule has 0 bridgehead atoms. The number of likely N-dealkylation sites (tertiary alicyclic amines) is 1. The van der Waals surface area contributed by atoms with Gasteiger partial charge in [-0.1, -0.05) is 17.7 Å². The molecule has 4 rings (SSSR count). The second-order valence-electron chi connectivity index (χ2n) is 8.78. The van der Waals surface area contributed by atoms with Crippen molar-refractivity contribution in [2.45, 2.75) is 37.5 Å². The molecule has 172 valence electrons. The van der Waals surface area contributed by atoms with Crippen LogP contribution in [0.15, 0.2) is 41.4 Å². The minimum atomic E-state index is -3.88. The maximum Gasteiger partial charge on any atom is 0.337 e. The topological polar surface area (TPSA) is 103 Å². The van der Waals surface area contributed by atoms with Crippen LogP contribution in [0.1, 0.15) is 41.6 Å². The average molecular weight is 459 g/mol. The lowest BCUT2D eigenvalue weighted by Crippen LogP contribution is -2.41. The maximum atomic E-state index is 13.0. The van der Waals surface area contributed by atoms with E-state index in [2.05, 4.69) is 19.5 Å². The number of hydrogen-bond acceptors (Lipinski definition) is 6. The van der Waals surface area contributed by atoms with Gasteiger partial charge in [0, 0.05) is 25.8 Å². The third-order valence-corrected chi connectivity index (χ3v) is 7.60. The van der Waals surface area contributed by atoms with E-state index in [1.807, 2.05) is 6.92 Å². The number of pyridine rings is 1. The first-order valence-corrected chi connectivity index (χ1v) is 12.6. The number of hydrogen-bond donors (Lipinski definition) is 2. The molecular weight excluding hydrogens is 428 g/mol. The van der Waals surface area contributed by atoms with Gasteiger partial charge in [0.1, 0.15) is 0 Å². The van der Waals surface area contributed by atoms with Crippen LogP contribution >= 0.6 is 0 Å². The highest BCUT2D eigenvalue weighted by Crippen LogP contribution is 2.31. The molecule has 9 heteroatoms. The zero-order chi connectivity index (χ0) is 22.7. The molecule has 0 amide bonds. The number of aromatic nitrogens is 1. The fourth-order valence-electron chi connectivity index (χ4n) is 4.56. The fraction of sp³-hybridized carbons (Fsp3) is 0.478. The van der Waals surface area contributed by atoms with E-state index in [9.17, 15) is 18.3 Å². The van der Waals surface area contributed by atoms with Crippen molar-refractivity contribution in [2.75, 3.05) is 42.3 Å². The number of carboxylic acid groups (broad SMARTS) is 1. The van der Waals surface area contributed by atoms with Crippen LogP contribution in [0.5, 0.6) is 0 Å². The highest BCUT2D eigenvalue weighted by Gasteiger charge is 2.27. The van der Waals surface area contributed by atoms with Gasteiger partial charge in [-0.15, -0.1) is 0 Å². The summed E-state index contributed by atoms with van der Waals surface area (Å²) in [5, 5.41) is 9.42. The Morgan fingerprint density at radius 3 is 2.56 bits per heavy atom. The maximum absolute atomic E-state index is 13.0. The Bertz CT molecular complexity index is 1070. The molecule has 2 aliphatic heterocycles. The van der Waals surface area contributed by atoms with Crippen molar-refractivity contribution in [3.05, 3.63) is 47.7 Å². The Morgan fingerprint density at radius 2 is 1.88 bits per heavy atom. The van der Waals surface area contributed by atoms with E-state index >= 15 is 0 Å². The number of benzene rings is 1. The minimum absolute atomic E-state index is 0.0546. The van der Waals surface area contributed by atoms with Gasteiger partial charge in [0.2, 0.25) is 0 Å². The van der Waals surface area contributed by atoms with Crippen LogP contribution < -0.4 is 9.62 Å². The molecule has 2 aromatic rings. The number of nitrogens with zero attached hydrogens (tertiary/aromatic N) is 3. The minimum Gasteiger partial charge on any atom is -0.478 e. The average Bonchev–Trinajstić information content (AvgIpc) is 3.27. The number of anilines is 2. The second kappa shape index (κ2) is 9.46. The Kier molecular flexibility index (Phi) is 6.66. The van der Waals surface area contributed by atoms with Crippen LogP contribution in [0.3, 0.4) is 0 Å². The molecule has 8 nitrogen and oxygen atoms in total. The predicted octanol–water partition coefficient (Wildman–Crippen LogP) is 3.20. The lowest BCUT2D eigenvalue weighted by molar-refractivity contribution is 0.0696. The number of carbonyl (C=O) groups is 1. The summed E-state index contributed by atoms with van der Waals surface area (Å²) in [5.41, 5.74) is 1.10. The van der Waals surface area contributed by atoms with Crippen LogP contribution in [-0.2, 0) is 10.0 Å². The van der Waals surface area contributed by atoms with Gasteiger partial charge in [0.15, 0.2) is 5.82 Å². The molecule has 0 aliphatic carbocycles. The number of carboxylic acids is 1. The van der Waals surface area contributed by atoms with Gasteiger partial charge in [-0.25, -0.2) is 18.2 Å². The zero-order valence-electron chi connectivity index (χ0n) is 18.3. The van der Waals surface area contributed by atoms with Crippen molar-refractivity contribution in [1.29, 1.82) is 0 Å². The summed E-state index contributed by atoms with van der Waals surface area (Å²) in [6.45, 7) is 6.74. The summed E-state index contributed by atoms with van der Waals surface area (Å²) in [5.74, 6) is -0.188. The van der Waals surface area contributed by atoms with Gasteiger partial charge in [-0.05, 0) is 69.8 Å². The Morgan fingerprint density at radius 1 is 1.16 bits per heavy atom. The number of aromatic carboxylic acids is 1. The smallest absolute Gasteiger partial charge is 0.337 e. The second-order valence-corrected chi connectivity index (χ2v) is 10.5. The molecule has 2 saturated heterocycles. The Balaban J connectivity index is 1.60. The Labute approximate surface area is 189 Å². The summed E-state index contributed by atoms with van der Waals surface area (Å²) in [6, 6.07) is 7.90. The molecule has 2 fully saturated rings. The largest absolute Gasteiger partial charge is 0.478 e. The quantitative estimate of drug-likeness (QED) is 0.657. The molecule has 0 unspecified atom stereocenters. The zero-order valence-corrected chi connectivity index (χ0v) is 19.1. The van der Waals surface area contributed by atoms with E-state index in [0.29, 0.717) is 11.7 Å². The van der Waals surface area contributed by atoms with Crippen molar-refractivity contribution in [1.82, 2.24) is 9.88 Å². The number of nitrogens with one attached hydrogen (secondary N) is 1. The lowest BCUT2D eigenvalue weighted by Gasteiger charge is -2.36. The van der Waals surface area contributed by atoms with Crippen LogP contribution in [0.4, 0.5) is 11.5 Å². The summed E-state index contributed by atoms with van der Waals surface area (Å²) < 4.78 is 28.6. The van der Waals surface area contributed by atoms with Gasteiger partial charge in [-0.3, -0.25) is 4.72 Å². The van der Waals surface area contributed by atoms with Crippen LogP contribution in [0.25, 0.3) is 0 Å². The lowest BCUT2D eigenvalue weighted by atomic mass is 9.97. The highest BCUT2D eigenvalue weighted by molar-refractivity contribution is 7.92. The molecule has 2 aliphatic rings. The van der Waals surface area contributed by atoms with E-state index in [1.54, 1.807) is 24.3 Å². The molecule has 2 N–H and O–H groups in total. The predicted molar refractivity (Wildman–Crippen MR) is 124 cm³/mol. The van der Waals surface area contributed by atoms with Crippen LogP contribution in [0, 0.1) is 12.8 Å². The van der Waals surface area contributed by atoms with Crippen LogP contribution in [-0.4, -0.2) is 62.1 Å². The van der Waals surface area contributed by atoms with E-state index in [-0.39, 0.29) is 16.1 Å². The van der Waals surface area contributed by atoms with Gasteiger partial charge in [0.05, 0.1) is 16.1 Å². The SMILES string of the molecule is Cc1ccc(S(=O)(=O)Nc2cc(C(=O)O)cnc2N2CCC[C@@H](CN3CCCC3)C2)cc1. The standard InChI is InChI=1S/C23H30N4O4S/c1-17-6-8-20(9-7-17)32(30,31)25-21-13-19(23(28)29)14-24-22(21)27-12-4-5-18(16-27)15-26-10-2-3-11-26/h6-9,13-14,18,25H,2-5,10-12,15-16H2,1H3,(H,28,29)/t18-/m0/s1. The normalized spacial score (nSPS) is 19.8. The summed E-state index contributed by atoms with van der Waals surface area (Å²) in [7, 11) is -3.88. The van der Waals surface area contributed by atoms with E-state index in [0.717, 1.165) is 51.1 Å². The fourth-order valence-corrected chi connectivity index (χ4v) is 5.61. The first-order chi connectivity index (χ1) is 15.3. The number of piperidine rings is 1. The molecule has 3 heterocycles. The van der Waals surface area contributed by atoms with Gasteiger partial charge in [-0.2, -0.15) is 0 Å². The number of sulfonamides is 1. The molecule has 0 radical (unpaired) electrons. The summed E-state index contributed by atoms with van der Waals surface area (Å²) >= 11 is 0. The first kappa shape index (κ1) is 22.5. The molecule has 1 aromatic carbocycles. The molecule has 1 atom stereocenters. The van der Waals surface area contributed by atoms with Crippen molar-refractivity contribution >= 4 is 27.5 Å². The molecule has 0 saturated carbocycles. The molecule has 0 spiro atoms. The van der Waals surface area contributed by atoms with E-state index in [1.165, 1.54) is 25.1 Å². The van der Waals surface area contributed by atoms with Gasteiger partial charge >= 0.3 is 5.97 Å². The van der Waals surface area contributed by atoms with Crippen molar-refractivity contribution < 1.29 is 18.3 Å². The van der Waals surface area contributed by atoms with E-state index < -0.39 is 16.0 Å². The summed E-state index contributed by atoms with van der Waals surface area (Å²) in [4.78, 5) is 20.6. The van der Waals surface area contributed by atoms with Gasteiger partial charge in [0.25, 0.3) is 10.0 Å². The molecule has 1 aromatic heterocycles. The van der Waals surface area contributed by atoms with Crippen molar-refractivity contribution in [3.8, 4) is 0 Å².